The first-order valence-corrected chi connectivity index (χ1v) is 14.1. The van der Waals surface area contributed by atoms with Crippen molar-refractivity contribution in [2.75, 3.05) is 65.6 Å². The number of nitrogens with zero attached hydrogens (tertiary/aromatic N) is 5. The highest BCUT2D eigenvalue weighted by atomic mass is 16.5. The number of rotatable bonds is 12. The second kappa shape index (κ2) is 13.5. The number of unbranched alkanes of at least 4 members (excludes halogenated alkanes) is 1. The molecular formula is C30H39N5O5. The molecule has 1 aliphatic carbocycles. The maximum Gasteiger partial charge on any atom is 0.232 e. The lowest BCUT2D eigenvalue weighted by Crippen LogP contribution is -2.46. The van der Waals surface area contributed by atoms with Crippen molar-refractivity contribution in [2.45, 2.75) is 38.5 Å². The van der Waals surface area contributed by atoms with E-state index in [4.69, 9.17) is 28.7 Å². The molecule has 0 bridgehead atoms. The Morgan fingerprint density at radius 2 is 1.55 bits per heavy atom. The Morgan fingerprint density at radius 1 is 0.800 bits per heavy atom. The highest BCUT2D eigenvalue weighted by Crippen LogP contribution is 2.41. The van der Waals surface area contributed by atoms with E-state index in [1.807, 2.05) is 18.2 Å². The molecule has 0 saturated carbocycles. The molecule has 5 rings (SSSR count). The normalized spacial score (nSPS) is 15.3. The fourth-order valence-electron chi connectivity index (χ4n) is 5.19. The second-order valence-corrected chi connectivity index (χ2v) is 9.99. The first-order valence-electron chi connectivity index (χ1n) is 14.1. The van der Waals surface area contributed by atoms with Gasteiger partial charge in [0.15, 0.2) is 11.5 Å². The third-order valence-corrected chi connectivity index (χ3v) is 7.37. The van der Waals surface area contributed by atoms with Crippen LogP contribution in [0.2, 0.25) is 0 Å². The number of pyridine rings is 1. The first-order chi connectivity index (χ1) is 19.7. The number of methoxy groups -OCH3 is 3. The fraction of sp³-hybridized carbons (Fsp3) is 0.500. The SMILES string of the molecule is COc1cc(Oc2cccc(N3CCN(CCCCOc4cnc5c(n4)CCCC5)CC3)n2)cc(OC)c1OC. The van der Waals surface area contributed by atoms with Crippen molar-refractivity contribution in [1.82, 2.24) is 19.9 Å². The zero-order valence-electron chi connectivity index (χ0n) is 23.7. The van der Waals surface area contributed by atoms with E-state index in [1.54, 1.807) is 39.7 Å². The lowest BCUT2D eigenvalue weighted by Gasteiger charge is -2.35. The molecule has 3 heterocycles. The average molecular weight is 550 g/mol. The summed E-state index contributed by atoms with van der Waals surface area (Å²) in [6, 6.07) is 9.37. The summed E-state index contributed by atoms with van der Waals surface area (Å²) in [6.07, 6.45) is 8.34. The van der Waals surface area contributed by atoms with E-state index in [0.29, 0.717) is 41.4 Å². The molecule has 1 fully saturated rings. The molecule has 2 aliphatic rings. The number of aromatic nitrogens is 3. The van der Waals surface area contributed by atoms with Crippen LogP contribution in [0.1, 0.15) is 37.1 Å². The van der Waals surface area contributed by atoms with Crippen LogP contribution in [0, 0.1) is 0 Å². The van der Waals surface area contributed by atoms with E-state index in [9.17, 15) is 0 Å². The predicted octanol–water partition coefficient (Wildman–Crippen LogP) is 4.55. The number of fused-ring (bicyclic) bond motifs is 1. The molecule has 1 aromatic carbocycles. The number of hydrogen-bond acceptors (Lipinski definition) is 10. The molecule has 214 valence electrons. The molecule has 1 saturated heterocycles. The number of piperazine rings is 1. The molecule has 0 unspecified atom stereocenters. The maximum absolute atomic E-state index is 6.07. The van der Waals surface area contributed by atoms with Crippen molar-refractivity contribution in [2.24, 2.45) is 0 Å². The van der Waals surface area contributed by atoms with E-state index < -0.39 is 0 Å². The van der Waals surface area contributed by atoms with Gasteiger partial charge in [-0.05, 0) is 51.1 Å². The smallest absolute Gasteiger partial charge is 0.232 e. The van der Waals surface area contributed by atoms with E-state index in [-0.39, 0.29) is 0 Å². The van der Waals surface area contributed by atoms with Crippen LogP contribution in [-0.4, -0.2) is 80.5 Å². The van der Waals surface area contributed by atoms with Crippen LogP contribution in [0.25, 0.3) is 0 Å². The molecule has 40 heavy (non-hydrogen) atoms. The van der Waals surface area contributed by atoms with Crippen molar-refractivity contribution < 1.29 is 23.7 Å². The summed E-state index contributed by atoms with van der Waals surface area (Å²) in [6.45, 7) is 5.57. The largest absolute Gasteiger partial charge is 0.493 e. The Morgan fingerprint density at radius 3 is 2.27 bits per heavy atom. The van der Waals surface area contributed by atoms with Gasteiger partial charge in [-0.3, -0.25) is 9.88 Å². The molecular weight excluding hydrogens is 510 g/mol. The molecule has 1 aliphatic heterocycles. The van der Waals surface area contributed by atoms with E-state index in [1.165, 1.54) is 12.8 Å². The van der Waals surface area contributed by atoms with Crippen LogP contribution >= 0.6 is 0 Å². The van der Waals surface area contributed by atoms with E-state index in [0.717, 1.165) is 75.6 Å². The van der Waals surface area contributed by atoms with Crippen molar-refractivity contribution >= 4 is 5.82 Å². The molecule has 3 aromatic rings. The minimum Gasteiger partial charge on any atom is -0.493 e. The summed E-state index contributed by atoms with van der Waals surface area (Å²) in [7, 11) is 4.74. The monoisotopic (exact) mass is 549 g/mol. The van der Waals surface area contributed by atoms with Gasteiger partial charge in [-0.15, -0.1) is 0 Å². The summed E-state index contributed by atoms with van der Waals surface area (Å²) in [4.78, 5) is 18.8. The maximum atomic E-state index is 6.07. The van der Waals surface area contributed by atoms with Crippen molar-refractivity contribution in [1.29, 1.82) is 0 Å². The topological polar surface area (TPSA) is 91.3 Å². The van der Waals surface area contributed by atoms with Crippen LogP contribution in [0.5, 0.6) is 34.8 Å². The van der Waals surface area contributed by atoms with Crippen LogP contribution in [0.3, 0.4) is 0 Å². The van der Waals surface area contributed by atoms with Gasteiger partial charge < -0.3 is 28.6 Å². The highest BCUT2D eigenvalue weighted by molar-refractivity contribution is 5.56. The number of ether oxygens (including phenoxy) is 5. The lowest BCUT2D eigenvalue weighted by atomic mass is 10.0. The molecule has 2 aromatic heterocycles. The van der Waals surface area contributed by atoms with Gasteiger partial charge in [-0.2, -0.15) is 4.98 Å². The molecule has 0 radical (unpaired) electrons. The van der Waals surface area contributed by atoms with E-state index >= 15 is 0 Å². The summed E-state index contributed by atoms with van der Waals surface area (Å²) in [5.74, 6) is 4.23. The summed E-state index contributed by atoms with van der Waals surface area (Å²) < 4.78 is 28.2. The fourth-order valence-corrected chi connectivity index (χ4v) is 5.19. The molecule has 10 nitrogen and oxygen atoms in total. The third-order valence-electron chi connectivity index (χ3n) is 7.37. The summed E-state index contributed by atoms with van der Waals surface area (Å²) in [5, 5.41) is 0. The highest BCUT2D eigenvalue weighted by Gasteiger charge is 2.19. The van der Waals surface area contributed by atoms with Crippen LogP contribution in [-0.2, 0) is 12.8 Å². The molecule has 10 heteroatoms. The van der Waals surface area contributed by atoms with Crippen LogP contribution < -0.4 is 28.6 Å². The Hall–Kier alpha value is -3.79. The molecule has 0 atom stereocenters. The van der Waals surface area contributed by atoms with E-state index in [2.05, 4.69) is 19.8 Å². The predicted molar refractivity (Wildman–Crippen MR) is 152 cm³/mol. The van der Waals surface area contributed by atoms with Crippen LogP contribution in [0.15, 0.2) is 36.5 Å². The van der Waals surface area contributed by atoms with Gasteiger partial charge in [0.25, 0.3) is 0 Å². The van der Waals surface area contributed by atoms with Gasteiger partial charge in [-0.1, -0.05) is 6.07 Å². The lowest BCUT2D eigenvalue weighted by molar-refractivity contribution is 0.235. The van der Waals surface area contributed by atoms with Gasteiger partial charge in [0, 0.05) is 44.4 Å². The van der Waals surface area contributed by atoms with Gasteiger partial charge in [-0.25, -0.2) is 4.98 Å². The van der Waals surface area contributed by atoms with Gasteiger partial charge in [0.1, 0.15) is 11.6 Å². The second-order valence-electron chi connectivity index (χ2n) is 9.99. The minimum absolute atomic E-state index is 0.512. The summed E-state index contributed by atoms with van der Waals surface area (Å²) in [5.41, 5.74) is 2.26. The minimum atomic E-state index is 0.512. The summed E-state index contributed by atoms with van der Waals surface area (Å²) >= 11 is 0. The van der Waals surface area contributed by atoms with Crippen molar-refractivity contribution in [3.63, 3.8) is 0 Å². The molecule has 0 spiro atoms. The first kappa shape index (κ1) is 27.8. The third kappa shape index (κ3) is 6.85. The van der Waals surface area contributed by atoms with Gasteiger partial charge >= 0.3 is 0 Å². The van der Waals surface area contributed by atoms with Crippen molar-refractivity contribution in [3.8, 4) is 34.8 Å². The zero-order chi connectivity index (χ0) is 27.7. The Bertz CT molecular complexity index is 1240. The molecule has 0 amide bonds. The average Bonchev–Trinajstić information content (AvgIpc) is 3.00. The number of benzene rings is 1. The standard InChI is InChI=1S/C30H39N5O5/c1-36-25-19-22(20-26(37-2)30(25)38-3)40-28-12-8-11-27(33-28)35-16-14-34(15-17-35)13-6-7-18-39-29-21-31-23-9-4-5-10-24(23)32-29/h8,11-12,19-21H,4-7,9-10,13-18H2,1-3H3. The van der Waals surface area contributed by atoms with Crippen molar-refractivity contribution in [3.05, 3.63) is 47.9 Å². The Balaban J connectivity index is 1.06. The number of aryl methyl sites for hydroxylation is 2. The molecule has 0 N–H and O–H groups in total. The Kier molecular flexibility index (Phi) is 9.38. The zero-order valence-corrected chi connectivity index (χ0v) is 23.7. The van der Waals surface area contributed by atoms with Gasteiger partial charge in [0.2, 0.25) is 17.5 Å². The van der Waals surface area contributed by atoms with Crippen LogP contribution in [0.4, 0.5) is 5.82 Å². The number of hydrogen-bond donors (Lipinski definition) is 0. The quantitative estimate of drug-likeness (QED) is 0.300. The number of anilines is 1. The van der Waals surface area contributed by atoms with Gasteiger partial charge in [0.05, 0.1) is 45.5 Å². The Labute approximate surface area is 236 Å².